The van der Waals surface area contributed by atoms with Crippen molar-refractivity contribution in [2.75, 3.05) is 5.73 Å². The van der Waals surface area contributed by atoms with Gasteiger partial charge in [-0.3, -0.25) is 5.10 Å². The van der Waals surface area contributed by atoms with Gasteiger partial charge in [-0.25, -0.2) is 0 Å². The van der Waals surface area contributed by atoms with Crippen LogP contribution in [0.5, 0.6) is 0 Å². The molecule has 0 atom stereocenters. The molecular weight excluding hydrogens is 106 g/mol. The van der Waals surface area contributed by atoms with Crippen molar-refractivity contribution in [3.63, 3.8) is 0 Å². The van der Waals surface area contributed by atoms with Gasteiger partial charge in [-0.15, -0.1) is 0 Å². The summed E-state index contributed by atoms with van der Waals surface area (Å²) in [5.74, 6) is 0.438. The largest absolute Gasteiger partial charge is 0.391 e. The Morgan fingerprint density at radius 1 is 1.88 bits per heavy atom. The molecule has 0 aliphatic carbocycles. The first-order valence-corrected chi connectivity index (χ1v) is 2.23. The average Bonchev–Trinajstić information content (AvgIpc) is 2.14. The Bertz CT molecular complexity index is 172. The number of nitrogens with zero attached hydrogens (tertiary/aromatic N) is 1. The van der Waals surface area contributed by atoms with Gasteiger partial charge in [0.1, 0.15) is 5.82 Å². The topological polar surface area (TPSA) is 74.9 Å². The molecular formula is C4H7N3O. The molecule has 0 aromatic carbocycles. The van der Waals surface area contributed by atoms with E-state index in [2.05, 4.69) is 10.2 Å². The first kappa shape index (κ1) is 5.11. The molecule has 0 spiro atoms. The molecule has 0 aliphatic heterocycles. The molecule has 0 bridgehead atoms. The van der Waals surface area contributed by atoms with Crippen LogP contribution in [0.4, 0.5) is 5.82 Å². The lowest BCUT2D eigenvalue weighted by atomic mass is 10.4. The second kappa shape index (κ2) is 1.83. The second-order valence-electron chi connectivity index (χ2n) is 1.47. The standard InChI is InChI=1S/C4H7N3O/c5-4-3(2-8)1-6-7-4/h1,8H,2H2,(H3,5,6,7). The first-order valence-electron chi connectivity index (χ1n) is 2.23. The van der Waals surface area contributed by atoms with Gasteiger partial charge in [0.2, 0.25) is 0 Å². The van der Waals surface area contributed by atoms with Crippen molar-refractivity contribution in [1.82, 2.24) is 10.2 Å². The van der Waals surface area contributed by atoms with Crippen molar-refractivity contribution in [3.05, 3.63) is 11.8 Å². The third-order valence-corrected chi connectivity index (χ3v) is 0.922. The number of aliphatic hydroxyl groups is 1. The smallest absolute Gasteiger partial charge is 0.124 e. The van der Waals surface area contributed by atoms with Gasteiger partial charge in [0, 0.05) is 5.56 Å². The minimum absolute atomic E-state index is 0.0532. The third-order valence-electron chi connectivity index (χ3n) is 0.922. The molecule has 1 aromatic heterocycles. The highest BCUT2D eigenvalue weighted by Gasteiger charge is 1.95. The van der Waals surface area contributed by atoms with Crippen LogP contribution in [-0.2, 0) is 6.61 Å². The quantitative estimate of drug-likeness (QED) is 0.459. The summed E-state index contributed by atoms with van der Waals surface area (Å²) in [6, 6.07) is 0. The van der Waals surface area contributed by atoms with E-state index in [1.165, 1.54) is 6.20 Å². The molecule has 1 rings (SSSR count). The summed E-state index contributed by atoms with van der Waals surface area (Å²) in [7, 11) is 0. The van der Waals surface area contributed by atoms with Crippen LogP contribution >= 0.6 is 0 Å². The molecule has 0 radical (unpaired) electrons. The summed E-state index contributed by atoms with van der Waals surface area (Å²) >= 11 is 0. The lowest BCUT2D eigenvalue weighted by Crippen LogP contribution is -1.89. The molecule has 4 nitrogen and oxygen atoms in total. The van der Waals surface area contributed by atoms with E-state index < -0.39 is 0 Å². The van der Waals surface area contributed by atoms with Crippen LogP contribution in [0.3, 0.4) is 0 Å². The van der Waals surface area contributed by atoms with Crippen molar-refractivity contribution in [1.29, 1.82) is 0 Å². The summed E-state index contributed by atoms with van der Waals surface area (Å²) in [5, 5.41) is 14.5. The highest BCUT2D eigenvalue weighted by Crippen LogP contribution is 2.03. The van der Waals surface area contributed by atoms with Gasteiger partial charge < -0.3 is 10.8 Å². The lowest BCUT2D eigenvalue weighted by Gasteiger charge is -1.86. The van der Waals surface area contributed by atoms with Crippen LogP contribution in [-0.4, -0.2) is 15.3 Å². The van der Waals surface area contributed by atoms with E-state index >= 15 is 0 Å². The molecule has 0 unspecified atom stereocenters. The molecule has 4 heteroatoms. The number of aliphatic hydroxyl groups excluding tert-OH is 1. The number of aromatic amines is 1. The summed E-state index contributed by atoms with van der Waals surface area (Å²) in [4.78, 5) is 0. The fourth-order valence-corrected chi connectivity index (χ4v) is 0.447. The summed E-state index contributed by atoms with van der Waals surface area (Å²) < 4.78 is 0. The Labute approximate surface area is 46.3 Å². The van der Waals surface area contributed by atoms with E-state index in [0.29, 0.717) is 11.4 Å². The molecule has 1 heterocycles. The normalized spacial score (nSPS) is 9.62. The van der Waals surface area contributed by atoms with Crippen molar-refractivity contribution in [2.45, 2.75) is 6.61 Å². The Kier molecular flexibility index (Phi) is 1.17. The molecule has 4 N–H and O–H groups in total. The van der Waals surface area contributed by atoms with Gasteiger partial charge in [-0.05, 0) is 0 Å². The van der Waals surface area contributed by atoms with Crippen LogP contribution in [0.15, 0.2) is 6.20 Å². The van der Waals surface area contributed by atoms with Gasteiger partial charge >= 0.3 is 0 Å². The Hall–Kier alpha value is -1.03. The van der Waals surface area contributed by atoms with Gasteiger partial charge in [-0.2, -0.15) is 5.10 Å². The molecule has 0 aliphatic rings. The SMILES string of the molecule is Nc1[nH]ncc1CO. The molecule has 0 saturated heterocycles. The molecule has 0 amide bonds. The number of hydrogen-bond acceptors (Lipinski definition) is 3. The minimum Gasteiger partial charge on any atom is -0.391 e. The number of nitrogens with one attached hydrogen (secondary N) is 1. The molecule has 0 fully saturated rings. The number of nitrogen functional groups attached to an aromatic ring is 1. The van der Waals surface area contributed by atoms with Gasteiger partial charge in [0.05, 0.1) is 12.8 Å². The third kappa shape index (κ3) is 0.651. The molecule has 44 valence electrons. The van der Waals surface area contributed by atoms with Crippen LogP contribution < -0.4 is 5.73 Å². The Morgan fingerprint density at radius 2 is 2.62 bits per heavy atom. The highest BCUT2D eigenvalue weighted by molar-refractivity contribution is 5.35. The van der Waals surface area contributed by atoms with Crippen LogP contribution in [0.1, 0.15) is 5.56 Å². The predicted molar refractivity (Wildman–Crippen MR) is 28.9 cm³/mol. The van der Waals surface area contributed by atoms with Crippen LogP contribution in [0.25, 0.3) is 0 Å². The monoisotopic (exact) mass is 113 g/mol. The number of aromatic nitrogens is 2. The van der Waals surface area contributed by atoms with Crippen molar-refractivity contribution in [3.8, 4) is 0 Å². The van der Waals surface area contributed by atoms with E-state index in [1.54, 1.807) is 0 Å². The van der Waals surface area contributed by atoms with Crippen molar-refractivity contribution in [2.24, 2.45) is 0 Å². The maximum Gasteiger partial charge on any atom is 0.124 e. The second-order valence-corrected chi connectivity index (χ2v) is 1.47. The molecule has 0 saturated carbocycles. The maximum absolute atomic E-state index is 8.47. The van der Waals surface area contributed by atoms with E-state index in [1.807, 2.05) is 0 Å². The number of rotatable bonds is 1. The summed E-state index contributed by atoms with van der Waals surface area (Å²) in [6.45, 7) is -0.0532. The average molecular weight is 113 g/mol. The Balaban J connectivity index is 2.92. The summed E-state index contributed by atoms with van der Waals surface area (Å²) in [5.41, 5.74) is 5.92. The predicted octanol–water partition coefficient (Wildman–Crippen LogP) is -0.516. The van der Waals surface area contributed by atoms with E-state index in [4.69, 9.17) is 10.8 Å². The highest BCUT2D eigenvalue weighted by atomic mass is 16.3. The zero-order valence-corrected chi connectivity index (χ0v) is 4.26. The summed E-state index contributed by atoms with van der Waals surface area (Å²) in [6.07, 6.45) is 1.50. The zero-order chi connectivity index (χ0) is 5.98. The molecule has 8 heavy (non-hydrogen) atoms. The first-order chi connectivity index (χ1) is 3.84. The number of anilines is 1. The van der Waals surface area contributed by atoms with Crippen molar-refractivity contribution >= 4 is 5.82 Å². The van der Waals surface area contributed by atoms with Gasteiger partial charge in [0.15, 0.2) is 0 Å². The van der Waals surface area contributed by atoms with Crippen molar-refractivity contribution < 1.29 is 5.11 Å². The maximum atomic E-state index is 8.47. The van der Waals surface area contributed by atoms with Crippen LogP contribution in [0, 0.1) is 0 Å². The number of hydrogen-bond donors (Lipinski definition) is 3. The van der Waals surface area contributed by atoms with E-state index in [9.17, 15) is 0 Å². The minimum atomic E-state index is -0.0532. The van der Waals surface area contributed by atoms with E-state index in [0.717, 1.165) is 0 Å². The van der Waals surface area contributed by atoms with Crippen LogP contribution in [0.2, 0.25) is 0 Å². The number of nitrogens with two attached hydrogens (primary N) is 1. The fourth-order valence-electron chi connectivity index (χ4n) is 0.447. The number of H-pyrrole nitrogens is 1. The zero-order valence-electron chi connectivity index (χ0n) is 4.26. The lowest BCUT2D eigenvalue weighted by molar-refractivity contribution is 0.282. The van der Waals surface area contributed by atoms with Gasteiger partial charge in [-0.1, -0.05) is 0 Å². The van der Waals surface area contributed by atoms with Gasteiger partial charge in [0.25, 0.3) is 0 Å². The Morgan fingerprint density at radius 3 is 2.88 bits per heavy atom. The van der Waals surface area contributed by atoms with E-state index in [-0.39, 0.29) is 6.61 Å². The fraction of sp³-hybridized carbons (Fsp3) is 0.250. The molecule has 1 aromatic rings.